The van der Waals surface area contributed by atoms with Crippen molar-refractivity contribution in [3.05, 3.63) is 41.2 Å². The molecule has 1 saturated carbocycles. The van der Waals surface area contributed by atoms with E-state index in [1.165, 1.54) is 18.9 Å². The van der Waals surface area contributed by atoms with Crippen LogP contribution in [0.2, 0.25) is 0 Å². The molecule has 0 N–H and O–H groups in total. The molecule has 0 heterocycles. The molecule has 1 nitrogen and oxygen atoms in total. The summed E-state index contributed by atoms with van der Waals surface area (Å²) in [5.41, 5.74) is 0.518. The fourth-order valence-corrected chi connectivity index (χ4v) is 4.12. The highest BCUT2D eigenvalue weighted by Gasteiger charge is 2.26. The second kappa shape index (κ2) is 7.67. The Balaban J connectivity index is 1.95. The number of hydrogen-bond acceptors (Lipinski definition) is 1. The van der Waals surface area contributed by atoms with Gasteiger partial charge in [0.25, 0.3) is 0 Å². The fourth-order valence-electron chi connectivity index (χ4n) is 4.12. The molecule has 0 amide bonds. The van der Waals surface area contributed by atoms with Crippen LogP contribution in [-0.4, -0.2) is 6.61 Å². The Morgan fingerprint density at radius 2 is 1.68 bits per heavy atom. The van der Waals surface area contributed by atoms with Crippen LogP contribution in [0.25, 0.3) is 10.8 Å². The Bertz CT molecular complexity index is 749. The van der Waals surface area contributed by atoms with Crippen LogP contribution in [-0.2, 0) is 0 Å². The number of fused-ring (bicyclic) bond motifs is 1. The minimum atomic E-state index is -1.15. The van der Waals surface area contributed by atoms with Crippen molar-refractivity contribution in [3.8, 4) is 5.75 Å². The Morgan fingerprint density at radius 1 is 0.960 bits per heavy atom. The molecule has 0 atom stereocenters. The third kappa shape index (κ3) is 3.49. The van der Waals surface area contributed by atoms with E-state index in [4.69, 9.17) is 4.74 Å². The van der Waals surface area contributed by atoms with Gasteiger partial charge in [-0.3, -0.25) is 0 Å². The van der Waals surface area contributed by atoms with E-state index in [0.717, 1.165) is 25.7 Å². The minimum absolute atomic E-state index is 0.0894. The molecule has 136 valence electrons. The normalized spacial score (nSPS) is 20.8. The highest BCUT2D eigenvalue weighted by Crippen LogP contribution is 2.41. The minimum Gasteiger partial charge on any atom is -0.491 e. The molecule has 1 fully saturated rings. The van der Waals surface area contributed by atoms with E-state index >= 15 is 4.39 Å². The first-order chi connectivity index (χ1) is 12.1. The lowest BCUT2D eigenvalue weighted by molar-refractivity contribution is 0.304. The van der Waals surface area contributed by atoms with Crippen LogP contribution in [0.1, 0.15) is 63.9 Å². The summed E-state index contributed by atoms with van der Waals surface area (Å²) in [5, 5.41) is 0.0809. The maximum absolute atomic E-state index is 15.0. The van der Waals surface area contributed by atoms with E-state index in [9.17, 15) is 8.78 Å². The molecular formula is C21H25F3O. The highest BCUT2D eigenvalue weighted by molar-refractivity contribution is 5.86. The van der Waals surface area contributed by atoms with Crippen molar-refractivity contribution in [2.75, 3.05) is 6.61 Å². The van der Waals surface area contributed by atoms with Crippen molar-refractivity contribution < 1.29 is 17.9 Å². The van der Waals surface area contributed by atoms with Gasteiger partial charge < -0.3 is 4.74 Å². The lowest BCUT2D eigenvalue weighted by Crippen LogP contribution is -2.14. The topological polar surface area (TPSA) is 9.23 Å². The summed E-state index contributed by atoms with van der Waals surface area (Å²) in [6.07, 6.45) is 6.37. The van der Waals surface area contributed by atoms with E-state index in [2.05, 4.69) is 6.92 Å². The number of halogens is 3. The molecule has 25 heavy (non-hydrogen) atoms. The molecule has 0 unspecified atom stereocenters. The molecule has 0 aliphatic heterocycles. The standard InChI is InChI=1S/C21H25F3O/c1-3-5-13-6-8-14(9-7-13)16-11-10-15-12-17(25-4-2)20(23)21(24)18(15)19(16)22/h10-14H,3-9H2,1-2H3. The van der Waals surface area contributed by atoms with E-state index in [0.29, 0.717) is 16.9 Å². The summed E-state index contributed by atoms with van der Waals surface area (Å²) in [6, 6.07) is 4.79. The smallest absolute Gasteiger partial charge is 0.201 e. The van der Waals surface area contributed by atoms with Gasteiger partial charge in [0.15, 0.2) is 11.6 Å². The summed E-state index contributed by atoms with van der Waals surface area (Å²) in [6.45, 7) is 4.10. The van der Waals surface area contributed by atoms with Crippen LogP contribution in [0.3, 0.4) is 0 Å². The zero-order valence-electron chi connectivity index (χ0n) is 14.9. The number of rotatable bonds is 5. The molecule has 0 aromatic heterocycles. The van der Waals surface area contributed by atoms with Crippen molar-refractivity contribution in [1.82, 2.24) is 0 Å². The van der Waals surface area contributed by atoms with Crippen LogP contribution in [0, 0.1) is 23.4 Å². The summed E-state index contributed by atoms with van der Waals surface area (Å²) in [4.78, 5) is 0. The number of ether oxygens (including phenoxy) is 1. The SMILES string of the molecule is CCCC1CCC(c2ccc3cc(OCC)c(F)c(F)c3c2F)CC1. The van der Waals surface area contributed by atoms with Gasteiger partial charge in [-0.2, -0.15) is 4.39 Å². The monoisotopic (exact) mass is 350 g/mol. The first kappa shape index (κ1) is 18.1. The van der Waals surface area contributed by atoms with Gasteiger partial charge >= 0.3 is 0 Å². The van der Waals surface area contributed by atoms with Gasteiger partial charge in [0.1, 0.15) is 5.82 Å². The highest BCUT2D eigenvalue weighted by atomic mass is 19.2. The fraction of sp³-hybridized carbons (Fsp3) is 0.524. The average molecular weight is 350 g/mol. The Kier molecular flexibility index (Phi) is 5.55. The molecule has 0 radical (unpaired) electrons. The summed E-state index contributed by atoms with van der Waals surface area (Å²) >= 11 is 0. The predicted octanol–water partition coefficient (Wildman–Crippen LogP) is 6.73. The molecule has 0 saturated heterocycles. The summed E-state index contributed by atoms with van der Waals surface area (Å²) in [7, 11) is 0. The zero-order valence-corrected chi connectivity index (χ0v) is 14.9. The summed E-state index contributed by atoms with van der Waals surface area (Å²) in [5.74, 6) is -2.24. The predicted molar refractivity (Wildman–Crippen MR) is 94.6 cm³/mol. The van der Waals surface area contributed by atoms with Crippen molar-refractivity contribution in [2.45, 2.75) is 58.3 Å². The van der Waals surface area contributed by atoms with Crippen molar-refractivity contribution >= 4 is 10.8 Å². The van der Waals surface area contributed by atoms with Gasteiger partial charge in [-0.1, -0.05) is 31.9 Å². The van der Waals surface area contributed by atoms with Crippen LogP contribution < -0.4 is 4.74 Å². The molecule has 1 aliphatic carbocycles. The van der Waals surface area contributed by atoms with Crippen LogP contribution in [0.15, 0.2) is 18.2 Å². The van der Waals surface area contributed by atoms with E-state index in [1.54, 1.807) is 19.1 Å². The van der Waals surface area contributed by atoms with Gasteiger partial charge in [0.05, 0.1) is 12.0 Å². The van der Waals surface area contributed by atoms with Crippen LogP contribution >= 0.6 is 0 Å². The quantitative estimate of drug-likeness (QED) is 0.581. The molecule has 0 spiro atoms. The van der Waals surface area contributed by atoms with E-state index < -0.39 is 17.5 Å². The van der Waals surface area contributed by atoms with Gasteiger partial charge in [0.2, 0.25) is 5.82 Å². The summed E-state index contributed by atoms with van der Waals surface area (Å²) < 4.78 is 48.7. The maximum atomic E-state index is 15.0. The molecule has 3 rings (SSSR count). The third-order valence-electron chi connectivity index (χ3n) is 5.40. The molecular weight excluding hydrogens is 325 g/mol. The van der Waals surface area contributed by atoms with Gasteiger partial charge in [-0.05, 0) is 61.5 Å². The lowest BCUT2D eigenvalue weighted by Gasteiger charge is -2.29. The molecule has 1 aliphatic rings. The van der Waals surface area contributed by atoms with Crippen molar-refractivity contribution in [2.24, 2.45) is 5.92 Å². The Labute approximate surface area is 147 Å². The molecule has 2 aromatic carbocycles. The lowest BCUT2D eigenvalue weighted by atomic mass is 9.77. The molecule has 0 bridgehead atoms. The van der Waals surface area contributed by atoms with Gasteiger partial charge in [-0.15, -0.1) is 0 Å². The largest absolute Gasteiger partial charge is 0.491 e. The molecule has 2 aromatic rings. The Hall–Kier alpha value is -1.71. The van der Waals surface area contributed by atoms with E-state index in [-0.39, 0.29) is 23.7 Å². The molecule has 4 heteroatoms. The van der Waals surface area contributed by atoms with E-state index in [1.807, 2.05) is 0 Å². The van der Waals surface area contributed by atoms with Gasteiger partial charge in [0, 0.05) is 0 Å². The second-order valence-electron chi connectivity index (χ2n) is 7.01. The first-order valence-electron chi connectivity index (χ1n) is 9.29. The Morgan fingerprint density at radius 3 is 2.32 bits per heavy atom. The van der Waals surface area contributed by atoms with Crippen LogP contribution in [0.4, 0.5) is 13.2 Å². The number of hydrogen-bond donors (Lipinski definition) is 0. The average Bonchev–Trinajstić information content (AvgIpc) is 2.61. The zero-order chi connectivity index (χ0) is 18.0. The second-order valence-corrected chi connectivity index (χ2v) is 7.01. The van der Waals surface area contributed by atoms with Crippen molar-refractivity contribution in [3.63, 3.8) is 0 Å². The number of benzene rings is 2. The van der Waals surface area contributed by atoms with Gasteiger partial charge in [-0.25, -0.2) is 8.78 Å². The first-order valence-corrected chi connectivity index (χ1v) is 9.29. The van der Waals surface area contributed by atoms with Crippen LogP contribution in [0.5, 0.6) is 5.75 Å². The third-order valence-corrected chi connectivity index (χ3v) is 5.40. The van der Waals surface area contributed by atoms with Crippen molar-refractivity contribution in [1.29, 1.82) is 0 Å². The maximum Gasteiger partial charge on any atom is 0.201 e.